The number of hydrogen-bond acceptors (Lipinski definition) is 4. The molecule has 0 spiro atoms. The summed E-state index contributed by atoms with van der Waals surface area (Å²) >= 11 is 0. The molecule has 1 atom stereocenters. The molecule has 0 fully saturated rings. The van der Waals surface area contributed by atoms with Crippen LogP contribution in [0.1, 0.15) is 39.3 Å². The summed E-state index contributed by atoms with van der Waals surface area (Å²) in [5, 5.41) is 19.5. The Morgan fingerprint density at radius 1 is 1.25 bits per heavy atom. The fraction of sp³-hybridized carbons (Fsp3) is 0.600. The summed E-state index contributed by atoms with van der Waals surface area (Å²) in [7, 11) is 0. The van der Waals surface area contributed by atoms with E-state index in [1.807, 2.05) is 26.0 Å². The molecule has 0 aliphatic rings. The van der Waals surface area contributed by atoms with E-state index in [4.69, 9.17) is 5.73 Å². The number of nitrogens with two attached hydrogens (primary N) is 1. The van der Waals surface area contributed by atoms with Gasteiger partial charge in [0.25, 0.3) is 0 Å². The smallest absolute Gasteiger partial charge is 0.122 e. The molecule has 1 rings (SSSR count). The highest BCUT2D eigenvalue weighted by Crippen LogP contribution is 2.36. The number of phenolic OH excluding ortho intramolecular Hbond substituents is 1. The maximum absolute atomic E-state index is 10.2. The van der Waals surface area contributed by atoms with Crippen molar-refractivity contribution >= 4 is 18.1 Å². The van der Waals surface area contributed by atoms with Gasteiger partial charge in [-0.1, -0.05) is 19.9 Å². The fourth-order valence-electron chi connectivity index (χ4n) is 2.10. The van der Waals surface area contributed by atoms with E-state index in [0.717, 1.165) is 18.8 Å². The number of benzene rings is 1. The molecule has 0 aromatic heterocycles. The molecule has 0 saturated carbocycles. The number of rotatable bonds is 6. The molecule has 0 amide bonds. The molecule has 5 heteroatoms. The molecule has 0 saturated heterocycles. The SMILES string of the molecule is CCN(CC)c1ccc([C@H](N)C(C)(C)CO)c(O)c1.Cl. The average Bonchev–Trinajstić information content (AvgIpc) is 2.39. The lowest BCUT2D eigenvalue weighted by Gasteiger charge is -2.31. The minimum Gasteiger partial charge on any atom is -0.508 e. The first-order valence-electron chi connectivity index (χ1n) is 6.81. The zero-order valence-electron chi connectivity index (χ0n) is 12.8. The second-order valence-electron chi connectivity index (χ2n) is 5.54. The predicted molar refractivity (Wildman–Crippen MR) is 86.7 cm³/mol. The lowest BCUT2D eigenvalue weighted by molar-refractivity contribution is 0.131. The Kier molecular flexibility index (Phi) is 7.34. The van der Waals surface area contributed by atoms with Gasteiger partial charge in [0.2, 0.25) is 0 Å². The molecule has 0 unspecified atom stereocenters. The molecular formula is C15H27ClN2O2. The number of hydrogen-bond donors (Lipinski definition) is 3. The molecule has 1 aromatic carbocycles. The first kappa shape index (κ1) is 19.0. The van der Waals surface area contributed by atoms with Crippen LogP contribution in [0, 0.1) is 5.41 Å². The standard InChI is InChI=1S/C15H26N2O2.ClH/c1-5-17(6-2)11-7-8-12(13(19)9-11)14(16)15(3,4)10-18;/h7-9,14,18-19H,5-6,10,16H2,1-4H3;1H/t14-;/m0./s1. The Balaban J connectivity index is 0.00000361. The lowest BCUT2D eigenvalue weighted by Crippen LogP contribution is -2.32. The van der Waals surface area contributed by atoms with Crippen molar-refractivity contribution in [1.82, 2.24) is 0 Å². The molecule has 4 nitrogen and oxygen atoms in total. The van der Waals surface area contributed by atoms with Gasteiger partial charge in [0.15, 0.2) is 0 Å². The molecule has 4 N–H and O–H groups in total. The number of halogens is 1. The van der Waals surface area contributed by atoms with Crippen LogP contribution in [0.4, 0.5) is 5.69 Å². The number of nitrogens with zero attached hydrogens (tertiary/aromatic N) is 1. The van der Waals surface area contributed by atoms with Crippen LogP contribution >= 0.6 is 12.4 Å². The normalized spacial score (nSPS) is 12.7. The van der Waals surface area contributed by atoms with Crippen molar-refractivity contribution in [3.63, 3.8) is 0 Å². The first-order chi connectivity index (χ1) is 8.87. The highest BCUT2D eigenvalue weighted by molar-refractivity contribution is 5.85. The second kappa shape index (κ2) is 7.72. The minimum atomic E-state index is -0.464. The number of aromatic hydroxyl groups is 1. The van der Waals surface area contributed by atoms with Crippen LogP contribution in [0.25, 0.3) is 0 Å². The third-order valence-corrected chi connectivity index (χ3v) is 3.73. The summed E-state index contributed by atoms with van der Waals surface area (Å²) in [6.07, 6.45) is 0. The van der Waals surface area contributed by atoms with Gasteiger partial charge in [0, 0.05) is 48.5 Å². The van der Waals surface area contributed by atoms with E-state index < -0.39 is 11.5 Å². The number of anilines is 1. The number of aliphatic hydroxyl groups is 1. The third-order valence-electron chi connectivity index (χ3n) is 3.73. The average molecular weight is 303 g/mol. The van der Waals surface area contributed by atoms with E-state index in [1.54, 1.807) is 6.07 Å². The van der Waals surface area contributed by atoms with Gasteiger partial charge in [0.05, 0.1) is 0 Å². The van der Waals surface area contributed by atoms with E-state index in [-0.39, 0.29) is 24.8 Å². The van der Waals surface area contributed by atoms with E-state index >= 15 is 0 Å². The second-order valence-corrected chi connectivity index (χ2v) is 5.54. The minimum absolute atomic E-state index is 0. The summed E-state index contributed by atoms with van der Waals surface area (Å²) in [5.74, 6) is 0.193. The van der Waals surface area contributed by atoms with E-state index in [1.165, 1.54) is 0 Å². The van der Waals surface area contributed by atoms with Crippen LogP contribution < -0.4 is 10.6 Å². The van der Waals surface area contributed by atoms with Gasteiger partial charge >= 0.3 is 0 Å². The van der Waals surface area contributed by atoms with Crippen molar-refractivity contribution < 1.29 is 10.2 Å². The predicted octanol–water partition coefficient (Wildman–Crippen LogP) is 2.68. The van der Waals surface area contributed by atoms with Crippen LogP contribution in [0.3, 0.4) is 0 Å². The van der Waals surface area contributed by atoms with Crippen molar-refractivity contribution in [1.29, 1.82) is 0 Å². The van der Waals surface area contributed by atoms with Gasteiger partial charge in [-0.15, -0.1) is 12.4 Å². The fourth-order valence-corrected chi connectivity index (χ4v) is 2.10. The van der Waals surface area contributed by atoms with Gasteiger partial charge in [-0.25, -0.2) is 0 Å². The summed E-state index contributed by atoms with van der Waals surface area (Å²) in [4.78, 5) is 2.16. The molecule has 0 radical (unpaired) electrons. The third kappa shape index (κ3) is 4.01. The Morgan fingerprint density at radius 2 is 1.80 bits per heavy atom. The van der Waals surface area contributed by atoms with Gasteiger partial charge in [-0.05, 0) is 19.9 Å². The molecular weight excluding hydrogens is 276 g/mol. The Bertz CT molecular complexity index is 420. The monoisotopic (exact) mass is 302 g/mol. The Hall–Kier alpha value is -0.970. The lowest BCUT2D eigenvalue weighted by atomic mass is 9.81. The zero-order chi connectivity index (χ0) is 14.6. The van der Waals surface area contributed by atoms with Crippen LogP contribution in [-0.4, -0.2) is 29.9 Å². The van der Waals surface area contributed by atoms with Gasteiger partial charge < -0.3 is 20.8 Å². The molecule has 1 aromatic rings. The highest BCUT2D eigenvalue weighted by atomic mass is 35.5. The Morgan fingerprint density at radius 3 is 2.20 bits per heavy atom. The summed E-state index contributed by atoms with van der Waals surface area (Å²) in [5.41, 5.74) is 7.34. The van der Waals surface area contributed by atoms with E-state index in [9.17, 15) is 10.2 Å². The summed E-state index contributed by atoms with van der Waals surface area (Å²) in [6, 6.07) is 5.17. The van der Waals surface area contributed by atoms with Crippen molar-refractivity contribution in [2.24, 2.45) is 11.1 Å². The van der Waals surface area contributed by atoms with Crippen LogP contribution in [0.5, 0.6) is 5.75 Å². The highest BCUT2D eigenvalue weighted by Gasteiger charge is 2.29. The number of aliphatic hydroxyl groups excluding tert-OH is 1. The van der Waals surface area contributed by atoms with Gasteiger partial charge in [0.1, 0.15) is 5.75 Å². The molecule has 116 valence electrons. The van der Waals surface area contributed by atoms with Gasteiger partial charge in [-0.2, -0.15) is 0 Å². The molecule has 0 heterocycles. The van der Waals surface area contributed by atoms with Crippen molar-refractivity contribution in [3.05, 3.63) is 23.8 Å². The van der Waals surface area contributed by atoms with Crippen molar-refractivity contribution in [2.75, 3.05) is 24.6 Å². The zero-order valence-corrected chi connectivity index (χ0v) is 13.6. The summed E-state index contributed by atoms with van der Waals surface area (Å²) < 4.78 is 0. The topological polar surface area (TPSA) is 69.7 Å². The quantitative estimate of drug-likeness (QED) is 0.755. The largest absolute Gasteiger partial charge is 0.508 e. The molecule has 0 bridgehead atoms. The first-order valence-corrected chi connectivity index (χ1v) is 6.81. The Labute approximate surface area is 128 Å². The van der Waals surface area contributed by atoms with E-state index in [2.05, 4.69) is 18.7 Å². The van der Waals surface area contributed by atoms with Crippen molar-refractivity contribution in [2.45, 2.75) is 33.7 Å². The molecule has 0 aliphatic carbocycles. The van der Waals surface area contributed by atoms with Crippen LogP contribution in [0.2, 0.25) is 0 Å². The number of phenols is 1. The van der Waals surface area contributed by atoms with Crippen LogP contribution in [-0.2, 0) is 0 Å². The maximum Gasteiger partial charge on any atom is 0.122 e. The summed E-state index contributed by atoms with van der Waals surface area (Å²) in [6.45, 7) is 9.69. The van der Waals surface area contributed by atoms with Crippen molar-refractivity contribution in [3.8, 4) is 5.75 Å². The maximum atomic E-state index is 10.2. The molecule has 0 aliphatic heterocycles. The van der Waals surface area contributed by atoms with Crippen LogP contribution in [0.15, 0.2) is 18.2 Å². The van der Waals surface area contributed by atoms with Gasteiger partial charge in [-0.3, -0.25) is 0 Å². The van der Waals surface area contributed by atoms with E-state index in [0.29, 0.717) is 5.56 Å². The molecule has 20 heavy (non-hydrogen) atoms.